The first-order valence-corrected chi connectivity index (χ1v) is 10.5. The van der Waals surface area contributed by atoms with Gasteiger partial charge in [0.15, 0.2) is 0 Å². The van der Waals surface area contributed by atoms with E-state index in [0.29, 0.717) is 16.8 Å². The number of alkyl carbamates (subject to hydrolysis) is 1. The third kappa shape index (κ3) is 7.30. The molecule has 2 aromatic carbocycles. The summed E-state index contributed by atoms with van der Waals surface area (Å²) in [6, 6.07) is 15.8. The summed E-state index contributed by atoms with van der Waals surface area (Å²) in [5.74, 6) is 0.371. The first-order valence-electron chi connectivity index (χ1n) is 9.70. The summed E-state index contributed by atoms with van der Waals surface area (Å²) in [6.45, 7) is 0.366. The number of hydroxylamine groups is 1. The Morgan fingerprint density at radius 3 is 2.52 bits per heavy atom. The van der Waals surface area contributed by atoms with Crippen LogP contribution in [-0.4, -0.2) is 37.8 Å². The van der Waals surface area contributed by atoms with Gasteiger partial charge in [0.05, 0.1) is 13.7 Å². The van der Waals surface area contributed by atoms with Crippen molar-refractivity contribution in [2.75, 3.05) is 13.7 Å². The molecule has 0 saturated heterocycles. The second-order valence-electron chi connectivity index (χ2n) is 6.83. The number of amides is 2. The van der Waals surface area contributed by atoms with Crippen molar-refractivity contribution in [3.8, 4) is 5.75 Å². The number of hydrogen-bond donors (Lipinski definition) is 3. The highest BCUT2D eigenvalue weighted by molar-refractivity contribution is 9.11. The van der Waals surface area contributed by atoms with Crippen LogP contribution in [0, 0.1) is 0 Å². The normalized spacial score (nSPS) is 15.9. The molecular formula is C22H24BrN3O5. The van der Waals surface area contributed by atoms with Crippen molar-refractivity contribution in [3.05, 3.63) is 76.4 Å². The zero-order valence-electron chi connectivity index (χ0n) is 17.0. The number of halogens is 1. The summed E-state index contributed by atoms with van der Waals surface area (Å²) < 4.78 is 11.1. The first-order chi connectivity index (χ1) is 15.0. The molecule has 1 aliphatic heterocycles. The summed E-state index contributed by atoms with van der Waals surface area (Å²) in [5.41, 5.74) is 4.39. The molecule has 2 amide bonds. The third-order valence-corrected chi connectivity index (χ3v) is 4.96. The van der Waals surface area contributed by atoms with Crippen molar-refractivity contribution >= 4 is 27.9 Å². The van der Waals surface area contributed by atoms with Crippen LogP contribution in [0.2, 0.25) is 0 Å². The van der Waals surface area contributed by atoms with Crippen molar-refractivity contribution in [1.29, 1.82) is 0 Å². The monoisotopic (exact) mass is 489 g/mol. The Kier molecular flexibility index (Phi) is 8.31. The number of benzene rings is 2. The van der Waals surface area contributed by atoms with Gasteiger partial charge in [-0.1, -0.05) is 42.5 Å². The molecule has 3 N–H and O–H groups in total. The number of methoxy groups -OCH3 is 1. The molecule has 2 atom stereocenters. The van der Waals surface area contributed by atoms with Crippen molar-refractivity contribution in [1.82, 2.24) is 16.1 Å². The van der Waals surface area contributed by atoms with E-state index in [0.717, 1.165) is 11.1 Å². The lowest BCUT2D eigenvalue weighted by molar-refractivity contribution is -0.123. The summed E-state index contributed by atoms with van der Waals surface area (Å²) >= 11 is 3.27. The number of carbonyl (C=O) groups excluding carboxylic acids is 2. The molecule has 1 unspecified atom stereocenters. The van der Waals surface area contributed by atoms with Gasteiger partial charge >= 0.3 is 6.09 Å². The standard InChI is InChI=1S/C22H24BrN3O5/c1-29-17-9-7-15(8-10-17)11-19(21(27)24-13-18-12-20(23)26-31-18)25-22(28)30-14-16-5-3-2-4-6-16/h2-10,12,18-19,26H,11,13-14H2,1H3,(H,24,27)(H,25,28)/t18?,19-/m0/s1. The average molecular weight is 490 g/mol. The van der Waals surface area contributed by atoms with Gasteiger partial charge in [-0.25, -0.2) is 4.79 Å². The fourth-order valence-corrected chi connectivity index (χ4v) is 3.29. The molecule has 3 rings (SSSR count). The molecule has 0 saturated carbocycles. The maximum atomic E-state index is 12.8. The SMILES string of the molecule is COc1ccc(C[C@H](NC(=O)OCc2ccccc2)C(=O)NCC2C=C(Br)NO2)cc1. The number of rotatable bonds is 9. The van der Waals surface area contributed by atoms with E-state index in [4.69, 9.17) is 14.3 Å². The van der Waals surface area contributed by atoms with E-state index >= 15 is 0 Å². The molecule has 0 radical (unpaired) electrons. The van der Waals surface area contributed by atoms with Crippen LogP contribution in [-0.2, 0) is 27.4 Å². The lowest BCUT2D eigenvalue weighted by Gasteiger charge is -2.19. The number of hydrogen-bond acceptors (Lipinski definition) is 6. The summed E-state index contributed by atoms with van der Waals surface area (Å²) in [7, 11) is 1.59. The minimum Gasteiger partial charge on any atom is -0.497 e. The maximum Gasteiger partial charge on any atom is 0.408 e. The fourth-order valence-electron chi connectivity index (χ4n) is 2.90. The smallest absolute Gasteiger partial charge is 0.408 e. The van der Waals surface area contributed by atoms with Crippen molar-refractivity contribution < 1.29 is 23.9 Å². The minimum absolute atomic E-state index is 0.115. The van der Waals surface area contributed by atoms with Crippen LogP contribution in [0.15, 0.2) is 65.3 Å². The van der Waals surface area contributed by atoms with E-state index in [2.05, 4.69) is 32.0 Å². The lowest BCUT2D eigenvalue weighted by Crippen LogP contribution is -2.49. The Bertz CT molecular complexity index is 905. The predicted molar refractivity (Wildman–Crippen MR) is 118 cm³/mol. The quantitative estimate of drug-likeness (QED) is 0.468. The van der Waals surface area contributed by atoms with Gasteiger partial charge in [-0.3, -0.25) is 15.1 Å². The van der Waals surface area contributed by atoms with Gasteiger partial charge in [-0.05, 0) is 45.3 Å². The molecule has 0 bridgehead atoms. The van der Waals surface area contributed by atoms with E-state index in [9.17, 15) is 9.59 Å². The largest absolute Gasteiger partial charge is 0.497 e. The topological polar surface area (TPSA) is 97.9 Å². The molecule has 0 spiro atoms. The van der Waals surface area contributed by atoms with E-state index in [1.54, 1.807) is 25.3 Å². The van der Waals surface area contributed by atoms with Crippen LogP contribution < -0.4 is 20.9 Å². The summed E-state index contributed by atoms with van der Waals surface area (Å²) in [5, 5.41) is 5.47. The minimum atomic E-state index is -0.821. The maximum absolute atomic E-state index is 12.8. The van der Waals surface area contributed by atoms with E-state index in [-0.39, 0.29) is 25.2 Å². The van der Waals surface area contributed by atoms with Gasteiger partial charge in [-0.15, -0.1) is 0 Å². The first kappa shape index (κ1) is 22.6. The molecule has 0 aliphatic carbocycles. The number of nitrogens with one attached hydrogen (secondary N) is 3. The van der Waals surface area contributed by atoms with E-state index < -0.39 is 12.1 Å². The Morgan fingerprint density at radius 2 is 1.87 bits per heavy atom. The molecule has 164 valence electrons. The van der Waals surface area contributed by atoms with Crippen LogP contribution in [0.5, 0.6) is 5.75 Å². The van der Waals surface area contributed by atoms with Crippen molar-refractivity contribution in [3.63, 3.8) is 0 Å². The summed E-state index contributed by atoms with van der Waals surface area (Å²) in [4.78, 5) is 30.4. The van der Waals surface area contributed by atoms with E-state index in [1.807, 2.05) is 42.5 Å². The molecular weight excluding hydrogens is 466 g/mol. The van der Waals surface area contributed by atoms with Crippen molar-refractivity contribution in [2.24, 2.45) is 0 Å². The second-order valence-corrected chi connectivity index (χ2v) is 7.68. The molecule has 8 nitrogen and oxygen atoms in total. The zero-order chi connectivity index (χ0) is 22.1. The van der Waals surface area contributed by atoms with Gasteiger partial charge in [0.1, 0.15) is 29.1 Å². The van der Waals surface area contributed by atoms with Crippen molar-refractivity contribution in [2.45, 2.75) is 25.2 Å². The second kappa shape index (κ2) is 11.4. The fraction of sp³-hybridized carbons (Fsp3) is 0.273. The van der Waals surface area contributed by atoms with Gasteiger partial charge in [0.2, 0.25) is 5.91 Å². The Labute approximate surface area is 189 Å². The Morgan fingerprint density at radius 1 is 1.13 bits per heavy atom. The number of carbonyl (C=O) groups is 2. The van der Waals surface area contributed by atoms with Gasteiger partial charge in [0, 0.05) is 6.42 Å². The molecule has 2 aromatic rings. The van der Waals surface area contributed by atoms with Gasteiger partial charge < -0.3 is 20.1 Å². The van der Waals surface area contributed by atoms with Crippen LogP contribution in [0.3, 0.4) is 0 Å². The molecule has 0 fully saturated rings. The molecule has 1 aliphatic rings. The Balaban J connectivity index is 1.60. The third-order valence-electron chi connectivity index (χ3n) is 4.54. The number of ether oxygens (including phenoxy) is 2. The molecule has 31 heavy (non-hydrogen) atoms. The van der Waals surface area contributed by atoms with E-state index in [1.165, 1.54) is 0 Å². The van der Waals surface area contributed by atoms with Crippen LogP contribution >= 0.6 is 15.9 Å². The molecule has 0 aromatic heterocycles. The Hall–Kier alpha value is -3.04. The highest BCUT2D eigenvalue weighted by Gasteiger charge is 2.24. The highest BCUT2D eigenvalue weighted by atomic mass is 79.9. The predicted octanol–water partition coefficient (Wildman–Crippen LogP) is 2.79. The highest BCUT2D eigenvalue weighted by Crippen LogP contribution is 2.14. The van der Waals surface area contributed by atoms with Gasteiger partial charge in [0.25, 0.3) is 0 Å². The molecule has 1 heterocycles. The lowest BCUT2D eigenvalue weighted by atomic mass is 10.1. The van der Waals surface area contributed by atoms with Crippen LogP contribution in [0.1, 0.15) is 11.1 Å². The zero-order valence-corrected chi connectivity index (χ0v) is 18.6. The van der Waals surface area contributed by atoms with Crippen LogP contribution in [0.25, 0.3) is 0 Å². The van der Waals surface area contributed by atoms with Crippen LogP contribution in [0.4, 0.5) is 4.79 Å². The average Bonchev–Trinajstić information content (AvgIpc) is 3.22. The summed E-state index contributed by atoms with van der Waals surface area (Å²) in [6.07, 6.45) is 1.10. The molecule has 9 heteroatoms. The van der Waals surface area contributed by atoms with Gasteiger partial charge in [-0.2, -0.15) is 0 Å².